The molecule has 0 bridgehead atoms. The number of carboxylic acid groups (broad SMARTS) is 4. The third-order valence-corrected chi connectivity index (χ3v) is 27.4. The molecule has 0 aromatic heterocycles. The molecule has 1 saturated heterocycles. The number of hydrogen-bond acceptors (Lipinski definition) is 8. The summed E-state index contributed by atoms with van der Waals surface area (Å²) in [7, 11) is -12.1. The Balaban J connectivity index is 3.40. The van der Waals surface area contributed by atoms with Crippen molar-refractivity contribution in [1.29, 1.82) is 0 Å². The first-order chi connectivity index (χ1) is 20.1. The van der Waals surface area contributed by atoms with Crippen LogP contribution in [0.3, 0.4) is 0 Å². The molecule has 4 N–H and O–H groups in total. The molecule has 0 radical (unpaired) electrons. The van der Waals surface area contributed by atoms with Crippen molar-refractivity contribution >= 4 is 58.1 Å². The van der Waals surface area contributed by atoms with E-state index >= 15 is 0 Å². The van der Waals surface area contributed by atoms with Crippen molar-refractivity contribution < 1.29 is 56.1 Å². The van der Waals surface area contributed by atoms with Gasteiger partial charge >= 0.3 is 58.1 Å². The number of aliphatic carboxylic acids is 4. The molecule has 0 aliphatic carbocycles. The first-order valence-corrected chi connectivity index (χ1v) is 25.9. The second-order valence-electron chi connectivity index (χ2n) is 13.5. The summed E-state index contributed by atoms with van der Waals surface area (Å²) in [6.45, 7) is 14.6. The van der Waals surface area contributed by atoms with Gasteiger partial charge in [-0.3, -0.25) is 19.2 Å². The van der Waals surface area contributed by atoms with Crippen molar-refractivity contribution in [3.8, 4) is 0 Å². The summed E-state index contributed by atoms with van der Waals surface area (Å²) in [4.78, 5) is 45.8. The van der Waals surface area contributed by atoms with Crippen LogP contribution in [0.5, 0.6) is 0 Å². The molecule has 0 aromatic rings. The molecule has 4 unspecified atom stereocenters. The van der Waals surface area contributed by atoms with Crippen molar-refractivity contribution in [2.45, 2.75) is 129 Å². The molecule has 1 aliphatic heterocycles. The molecule has 12 nitrogen and oxygen atoms in total. The Bertz CT molecular complexity index is 820. The van der Waals surface area contributed by atoms with Crippen molar-refractivity contribution in [2.75, 3.05) is 0 Å². The Morgan fingerprint density at radius 2 is 0.591 bits per heavy atom. The van der Waals surface area contributed by atoms with E-state index in [1.54, 1.807) is 27.7 Å². The molecule has 1 aliphatic rings. The van der Waals surface area contributed by atoms with Gasteiger partial charge < -0.3 is 36.9 Å². The minimum atomic E-state index is -3.02. The Morgan fingerprint density at radius 3 is 0.727 bits per heavy atom. The second kappa shape index (κ2) is 17.5. The lowest BCUT2D eigenvalue weighted by Gasteiger charge is -2.50. The maximum absolute atomic E-state index is 11.5. The molecule has 1 heterocycles. The number of rotatable bonds is 20. The van der Waals surface area contributed by atoms with Crippen LogP contribution < -0.4 is 0 Å². The highest BCUT2D eigenvalue weighted by Crippen LogP contribution is 2.40. The zero-order chi connectivity index (χ0) is 33.9. The smallest absolute Gasteiger partial charge is 0.317 e. The minimum Gasteiger partial charge on any atom is -0.481 e. The highest BCUT2D eigenvalue weighted by molar-refractivity contribution is 6.93. The van der Waals surface area contributed by atoms with Crippen LogP contribution in [0.1, 0.15) is 79.1 Å². The van der Waals surface area contributed by atoms with Crippen molar-refractivity contribution in [1.82, 2.24) is 0 Å². The van der Waals surface area contributed by atoms with E-state index in [1.165, 1.54) is 0 Å². The van der Waals surface area contributed by atoms with Crippen LogP contribution in [0.15, 0.2) is 0 Å². The maximum atomic E-state index is 11.5. The van der Waals surface area contributed by atoms with Gasteiger partial charge in [-0.1, -0.05) is 53.4 Å². The van der Waals surface area contributed by atoms with Gasteiger partial charge in [-0.25, -0.2) is 0 Å². The molecule has 4 atom stereocenters. The molecular weight excluding hydrogens is 641 g/mol. The third kappa shape index (κ3) is 14.3. The van der Waals surface area contributed by atoms with Gasteiger partial charge in [0.25, 0.3) is 0 Å². The summed E-state index contributed by atoms with van der Waals surface area (Å²) in [5.41, 5.74) is 0. The van der Waals surface area contributed by atoms with E-state index in [-0.39, 0.29) is 0 Å². The van der Waals surface area contributed by atoms with E-state index < -0.39 is 81.8 Å². The fourth-order valence-corrected chi connectivity index (χ4v) is 29.2. The van der Waals surface area contributed by atoms with Gasteiger partial charge in [0.2, 0.25) is 0 Å². The summed E-state index contributed by atoms with van der Waals surface area (Å²) >= 11 is 0. The number of carboxylic acids is 4. The van der Waals surface area contributed by atoms with E-state index in [0.29, 0.717) is 75.5 Å². The van der Waals surface area contributed by atoms with Gasteiger partial charge in [-0.2, -0.15) is 0 Å². The first-order valence-electron chi connectivity index (χ1n) is 15.9. The molecular formula is C28H56O12Si4. The largest absolute Gasteiger partial charge is 0.481 e. The molecule has 1 rings (SSSR count). The van der Waals surface area contributed by atoms with E-state index in [2.05, 4.69) is 0 Å². The van der Waals surface area contributed by atoms with Gasteiger partial charge in [0.1, 0.15) is 0 Å². The van der Waals surface area contributed by atoms with Crippen LogP contribution in [-0.2, 0) is 35.6 Å². The summed E-state index contributed by atoms with van der Waals surface area (Å²) < 4.78 is 28.1. The standard InChI is InChI=1S/C28H56O12Si4/c1-21(25(29)30)13-9-17-41(5)37-42(6,18-10-14-22(2)26(31)32)39-44(8,20-12-16-24(4)28(35)36)40-43(7,38-41)19-11-15-23(3)27(33)34/h21-24H,9-20H2,1-8H3,(H,29,30)(H,31,32)(H,33,34)(H,35,36). The Kier molecular flexibility index (Phi) is 16.1. The first kappa shape index (κ1) is 40.6. The SMILES string of the molecule is CC(CCC[Si]1(C)O[Si](C)(CCCC(C)C(=O)O)O[Si](C)(CCCC(C)C(=O)O)O[Si](C)(CCCC(C)C(=O)O)O1)C(=O)O. The van der Waals surface area contributed by atoms with Gasteiger partial charge in [0.15, 0.2) is 0 Å². The maximum Gasteiger partial charge on any atom is 0.317 e. The van der Waals surface area contributed by atoms with E-state index in [0.717, 1.165) is 0 Å². The lowest BCUT2D eigenvalue weighted by atomic mass is 10.1. The Morgan fingerprint density at radius 1 is 0.432 bits per heavy atom. The summed E-state index contributed by atoms with van der Waals surface area (Å²) in [6, 6.07) is 2.14. The molecule has 44 heavy (non-hydrogen) atoms. The molecule has 0 saturated carbocycles. The Hall–Kier alpha value is -1.41. The highest BCUT2D eigenvalue weighted by atomic mass is 28.5. The molecule has 0 amide bonds. The third-order valence-electron chi connectivity index (χ3n) is 8.49. The zero-order valence-corrected chi connectivity index (χ0v) is 31.8. The van der Waals surface area contributed by atoms with E-state index in [9.17, 15) is 39.6 Å². The summed E-state index contributed by atoms with van der Waals surface area (Å²) in [6.07, 6.45) is 4.18. The fourth-order valence-electron chi connectivity index (χ4n) is 5.73. The van der Waals surface area contributed by atoms with Gasteiger partial charge in [0, 0.05) is 0 Å². The lowest BCUT2D eigenvalue weighted by molar-refractivity contribution is -0.142. The monoisotopic (exact) mass is 696 g/mol. The second-order valence-corrected chi connectivity index (χ2v) is 27.8. The average Bonchev–Trinajstić information content (AvgIpc) is 2.86. The fraction of sp³-hybridized carbons (Fsp3) is 0.857. The van der Waals surface area contributed by atoms with Crippen LogP contribution in [0.2, 0.25) is 50.4 Å². The predicted molar refractivity (Wildman–Crippen MR) is 174 cm³/mol. The number of hydrogen-bond donors (Lipinski definition) is 4. The van der Waals surface area contributed by atoms with Crippen LogP contribution in [0.4, 0.5) is 0 Å². The zero-order valence-electron chi connectivity index (χ0n) is 27.8. The minimum absolute atomic E-state index is 0.462. The van der Waals surface area contributed by atoms with Gasteiger partial charge in [-0.15, -0.1) is 0 Å². The van der Waals surface area contributed by atoms with Crippen molar-refractivity contribution in [3.63, 3.8) is 0 Å². The van der Waals surface area contributed by atoms with Gasteiger partial charge in [-0.05, 0) is 76.0 Å². The molecule has 256 valence electrons. The van der Waals surface area contributed by atoms with Crippen LogP contribution in [-0.4, -0.2) is 78.5 Å². The van der Waals surface area contributed by atoms with Gasteiger partial charge in [0.05, 0.1) is 23.7 Å². The molecule has 0 spiro atoms. The van der Waals surface area contributed by atoms with Crippen LogP contribution >= 0.6 is 0 Å². The molecule has 1 fully saturated rings. The predicted octanol–water partition coefficient (Wildman–Crippen LogP) is 6.36. The molecule has 16 heteroatoms. The topological polar surface area (TPSA) is 186 Å². The van der Waals surface area contributed by atoms with E-state index in [1.807, 2.05) is 26.2 Å². The highest BCUT2D eigenvalue weighted by Gasteiger charge is 2.56. The van der Waals surface area contributed by atoms with Crippen LogP contribution in [0.25, 0.3) is 0 Å². The number of carbonyl (C=O) groups is 4. The molecule has 0 aromatic carbocycles. The quantitative estimate of drug-likeness (QED) is 0.103. The van der Waals surface area contributed by atoms with Crippen molar-refractivity contribution in [2.24, 2.45) is 23.7 Å². The van der Waals surface area contributed by atoms with E-state index in [4.69, 9.17) is 16.5 Å². The Labute approximate surface area is 266 Å². The summed E-state index contributed by atoms with van der Waals surface area (Å²) in [5.74, 6) is -5.50. The average molecular weight is 697 g/mol. The lowest BCUT2D eigenvalue weighted by Crippen LogP contribution is -2.67. The van der Waals surface area contributed by atoms with Crippen LogP contribution in [0, 0.1) is 23.7 Å². The summed E-state index contributed by atoms with van der Waals surface area (Å²) in [5, 5.41) is 37.6. The normalized spacial score (nSPS) is 30.4. The van der Waals surface area contributed by atoms with Crippen molar-refractivity contribution in [3.05, 3.63) is 0 Å².